The Kier molecular flexibility index (Phi) is 5.06. The van der Waals surface area contributed by atoms with E-state index in [1.807, 2.05) is 0 Å². The summed E-state index contributed by atoms with van der Waals surface area (Å²) in [6, 6.07) is 2.56. The molecular weight excluding hydrogens is 430 g/mol. The Balaban J connectivity index is 1.68. The number of aromatic amines is 1. The molecule has 0 atom stereocenters. The van der Waals surface area contributed by atoms with Crippen LogP contribution in [0.4, 0.5) is 23.2 Å². The average Bonchev–Trinajstić information content (AvgIpc) is 2.70. The van der Waals surface area contributed by atoms with Gasteiger partial charge < -0.3 is 9.64 Å². The quantitative estimate of drug-likeness (QED) is 0.624. The highest BCUT2D eigenvalue weighted by atomic mass is 35.5. The van der Waals surface area contributed by atoms with Gasteiger partial charge in [0.05, 0.1) is 24.1 Å². The number of nitrogens with one attached hydrogen (secondary N) is 1. The SMILES string of the molecule is O=c1[nH]ncc(N2CCc3c(ncnc3Oc3c(F)cccc3C(F)(F)F)C2)c1Cl. The van der Waals surface area contributed by atoms with E-state index in [1.165, 1.54) is 6.20 Å². The molecule has 0 spiro atoms. The summed E-state index contributed by atoms with van der Waals surface area (Å²) in [6.07, 6.45) is -2.03. The number of H-pyrrole nitrogens is 1. The van der Waals surface area contributed by atoms with Crippen LogP contribution in [0.1, 0.15) is 16.8 Å². The Bertz CT molecular complexity index is 1170. The molecule has 156 valence electrons. The minimum absolute atomic E-state index is 0.0415. The lowest BCUT2D eigenvalue weighted by atomic mass is 10.1. The van der Waals surface area contributed by atoms with E-state index in [4.69, 9.17) is 16.3 Å². The van der Waals surface area contributed by atoms with Crippen LogP contribution in [0.25, 0.3) is 0 Å². The molecule has 0 radical (unpaired) electrons. The Labute approximate surface area is 171 Å². The summed E-state index contributed by atoms with van der Waals surface area (Å²) in [5.74, 6) is -2.27. The maximum Gasteiger partial charge on any atom is 0.420 e. The molecule has 12 heteroatoms. The minimum Gasteiger partial charge on any atom is -0.435 e. The Hall–Kier alpha value is -3.21. The van der Waals surface area contributed by atoms with Crippen LogP contribution in [-0.4, -0.2) is 26.7 Å². The molecule has 1 aliphatic heterocycles. The third-order valence-corrected chi connectivity index (χ3v) is 4.92. The van der Waals surface area contributed by atoms with Crippen molar-refractivity contribution in [3.8, 4) is 11.6 Å². The molecule has 0 saturated heterocycles. The molecule has 3 heterocycles. The lowest BCUT2D eigenvalue weighted by molar-refractivity contribution is -0.138. The predicted octanol–water partition coefficient (Wildman–Crippen LogP) is 3.73. The number of alkyl halides is 3. The molecule has 1 N–H and O–H groups in total. The first-order chi connectivity index (χ1) is 14.3. The molecule has 0 amide bonds. The number of hydrogen-bond acceptors (Lipinski definition) is 6. The van der Waals surface area contributed by atoms with E-state index in [9.17, 15) is 22.4 Å². The molecule has 3 aromatic rings. The first-order valence-electron chi connectivity index (χ1n) is 8.60. The van der Waals surface area contributed by atoms with Gasteiger partial charge in [-0.25, -0.2) is 19.5 Å². The number of rotatable bonds is 3. The van der Waals surface area contributed by atoms with Crippen molar-refractivity contribution in [2.24, 2.45) is 0 Å². The van der Waals surface area contributed by atoms with E-state index < -0.39 is 28.9 Å². The van der Waals surface area contributed by atoms with Crippen LogP contribution in [0.5, 0.6) is 11.6 Å². The average molecular weight is 442 g/mol. The standard InChI is InChI=1S/C18H12ClF4N5O2/c19-14-13(6-26-27-16(14)29)28-5-4-9-12(7-28)24-8-25-17(9)30-15-10(18(21,22)23)2-1-3-11(15)20/h1-3,6,8H,4-5,7H2,(H,27,29). The third-order valence-electron chi connectivity index (χ3n) is 4.56. The number of halogens is 5. The molecule has 0 aliphatic carbocycles. The smallest absolute Gasteiger partial charge is 0.420 e. The number of hydrogen-bond donors (Lipinski definition) is 1. The first kappa shape index (κ1) is 20.1. The molecule has 0 unspecified atom stereocenters. The van der Waals surface area contributed by atoms with Crippen molar-refractivity contribution in [1.82, 2.24) is 20.2 Å². The molecule has 0 saturated carbocycles. The molecular formula is C18H12ClF4N5O2. The predicted molar refractivity (Wildman–Crippen MR) is 98.1 cm³/mol. The second kappa shape index (κ2) is 7.56. The number of ether oxygens (including phenoxy) is 1. The number of aromatic nitrogens is 4. The van der Waals surface area contributed by atoms with E-state index in [-0.39, 0.29) is 23.9 Å². The van der Waals surface area contributed by atoms with Crippen LogP contribution in [0.15, 0.2) is 35.5 Å². The fraction of sp³-hybridized carbons (Fsp3) is 0.222. The van der Waals surface area contributed by atoms with Crippen LogP contribution in [-0.2, 0) is 19.1 Å². The van der Waals surface area contributed by atoms with Gasteiger partial charge in [0, 0.05) is 12.1 Å². The van der Waals surface area contributed by atoms with Gasteiger partial charge in [-0.1, -0.05) is 17.7 Å². The normalized spacial score (nSPS) is 13.8. The van der Waals surface area contributed by atoms with Gasteiger partial charge in [0.25, 0.3) is 5.56 Å². The van der Waals surface area contributed by atoms with Gasteiger partial charge in [-0.05, 0) is 18.6 Å². The van der Waals surface area contributed by atoms with Gasteiger partial charge in [0.1, 0.15) is 16.9 Å². The topological polar surface area (TPSA) is 84.0 Å². The van der Waals surface area contributed by atoms with E-state index in [2.05, 4.69) is 20.2 Å². The zero-order valence-corrected chi connectivity index (χ0v) is 15.8. The Morgan fingerprint density at radius 2 is 2.03 bits per heavy atom. The molecule has 1 aliphatic rings. The number of para-hydroxylation sites is 1. The summed E-state index contributed by atoms with van der Waals surface area (Å²) in [5, 5.41) is 5.90. The van der Waals surface area contributed by atoms with Crippen LogP contribution < -0.4 is 15.2 Å². The number of nitrogens with zero attached hydrogens (tertiary/aromatic N) is 4. The van der Waals surface area contributed by atoms with Crippen molar-refractivity contribution in [2.75, 3.05) is 11.4 Å². The Morgan fingerprint density at radius 1 is 1.23 bits per heavy atom. The molecule has 1 aromatic carbocycles. The molecule has 0 fully saturated rings. The number of benzene rings is 1. The van der Waals surface area contributed by atoms with Crippen molar-refractivity contribution in [1.29, 1.82) is 0 Å². The largest absolute Gasteiger partial charge is 0.435 e. The van der Waals surface area contributed by atoms with Gasteiger partial charge in [0.15, 0.2) is 11.6 Å². The fourth-order valence-corrected chi connectivity index (χ4v) is 3.36. The number of anilines is 1. The summed E-state index contributed by atoms with van der Waals surface area (Å²) in [5.41, 5.74) is -0.508. The number of fused-ring (bicyclic) bond motifs is 1. The van der Waals surface area contributed by atoms with Crippen LogP contribution in [0.3, 0.4) is 0 Å². The minimum atomic E-state index is -4.80. The highest BCUT2D eigenvalue weighted by Gasteiger charge is 2.36. The highest BCUT2D eigenvalue weighted by molar-refractivity contribution is 6.33. The maximum atomic E-state index is 14.1. The van der Waals surface area contributed by atoms with Crippen LogP contribution in [0, 0.1) is 5.82 Å². The van der Waals surface area contributed by atoms with Gasteiger partial charge in [-0.3, -0.25) is 4.79 Å². The summed E-state index contributed by atoms with van der Waals surface area (Å²) in [7, 11) is 0. The summed E-state index contributed by atoms with van der Waals surface area (Å²) >= 11 is 6.04. The second-order valence-electron chi connectivity index (χ2n) is 6.39. The molecule has 7 nitrogen and oxygen atoms in total. The van der Waals surface area contributed by atoms with Crippen molar-refractivity contribution in [2.45, 2.75) is 19.1 Å². The molecule has 30 heavy (non-hydrogen) atoms. The van der Waals surface area contributed by atoms with Crippen LogP contribution >= 0.6 is 11.6 Å². The van der Waals surface area contributed by atoms with Gasteiger partial charge in [-0.15, -0.1) is 0 Å². The zero-order valence-electron chi connectivity index (χ0n) is 15.0. The monoisotopic (exact) mass is 441 g/mol. The molecule has 2 aromatic heterocycles. The van der Waals surface area contributed by atoms with Crippen LogP contribution in [0.2, 0.25) is 5.02 Å². The summed E-state index contributed by atoms with van der Waals surface area (Å²) in [6.45, 7) is 0.521. The first-order valence-corrected chi connectivity index (χ1v) is 8.98. The van der Waals surface area contributed by atoms with Crippen molar-refractivity contribution >= 4 is 17.3 Å². The lowest BCUT2D eigenvalue weighted by Crippen LogP contribution is -2.33. The Morgan fingerprint density at radius 3 is 2.80 bits per heavy atom. The van der Waals surface area contributed by atoms with Gasteiger partial charge in [0.2, 0.25) is 5.88 Å². The van der Waals surface area contributed by atoms with E-state index in [0.29, 0.717) is 23.5 Å². The van der Waals surface area contributed by atoms with Gasteiger partial charge in [-0.2, -0.15) is 18.3 Å². The molecule has 0 bridgehead atoms. The lowest BCUT2D eigenvalue weighted by Gasteiger charge is -2.30. The van der Waals surface area contributed by atoms with Gasteiger partial charge >= 0.3 is 6.18 Å². The molecule has 4 rings (SSSR count). The highest BCUT2D eigenvalue weighted by Crippen LogP contribution is 2.40. The summed E-state index contributed by atoms with van der Waals surface area (Å²) in [4.78, 5) is 21.5. The van der Waals surface area contributed by atoms with Crippen molar-refractivity contribution < 1.29 is 22.3 Å². The van der Waals surface area contributed by atoms with E-state index in [0.717, 1.165) is 24.5 Å². The zero-order chi connectivity index (χ0) is 21.5. The fourth-order valence-electron chi connectivity index (χ4n) is 3.14. The van der Waals surface area contributed by atoms with E-state index in [1.54, 1.807) is 4.90 Å². The van der Waals surface area contributed by atoms with Crippen molar-refractivity contribution in [3.63, 3.8) is 0 Å². The maximum absolute atomic E-state index is 14.1. The second-order valence-corrected chi connectivity index (χ2v) is 6.77. The summed E-state index contributed by atoms with van der Waals surface area (Å²) < 4.78 is 59.2. The van der Waals surface area contributed by atoms with Crippen molar-refractivity contribution in [3.05, 3.63) is 68.7 Å². The van der Waals surface area contributed by atoms with E-state index >= 15 is 0 Å². The third kappa shape index (κ3) is 3.67.